The van der Waals surface area contributed by atoms with Crippen LogP contribution in [0.2, 0.25) is 0 Å². The molecule has 0 spiro atoms. The molecule has 11 heavy (non-hydrogen) atoms. The Kier molecular flexibility index (Phi) is 6.32. The maximum atomic E-state index is 11.0. The van der Waals surface area contributed by atoms with Crippen LogP contribution in [-0.2, 0) is 9.53 Å². The molecule has 0 amide bonds. The van der Waals surface area contributed by atoms with E-state index in [1.807, 2.05) is 0 Å². The number of esters is 1. The summed E-state index contributed by atoms with van der Waals surface area (Å²) in [5, 5.41) is 0. The van der Waals surface area contributed by atoms with Crippen LogP contribution in [-0.4, -0.2) is 5.97 Å². The molecule has 0 rings (SSSR count). The van der Waals surface area contributed by atoms with Gasteiger partial charge in [0, 0.05) is 29.9 Å². The minimum Gasteiger partial charge on any atom is -0.637 e. The van der Waals surface area contributed by atoms with Gasteiger partial charge in [-0.15, -0.1) is 6.40 Å². The summed E-state index contributed by atoms with van der Waals surface area (Å²) in [5.74, 6) is -0.295. The van der Waals surface area contributed by atoms with E-state index in [0.717, 1.165) is 0 Å². The maximum absolute atomic E-state index is 11.0. The summed E-state index contributed by atoms with van der Waals surface area (Å²) in [4.78, 5) is 11.0. The summed E-state index contributed by atoms with van der Waals surface area (Å²) in [6, 6.07) is 0. The first-order valence-electron chi connectivity index (χ1n) is 3.88. The van der Waals surface area contributed by atoms with Crippen LogP contribution in [0.1, 0.15) is 35.5 Å². The minimum atomic E-state index is -0.481. The van der Waals surface area contributed by atoms with Crippen molar-refractivity contribution in [2.75, 3.05) is 0 Å². The van der Waals surface area contributed by atoms with Crippen LogP contribution in [0.5, 0.6) is 0 Å². The van der Waals surface area contributed by atoms with Crippen LogP contribution in [0, 0.1) is 42.0 Å². The van der Waals surface area contributed by atoms with Crippen molar-refractivity contribution in [2.45, 2.75) is 34.1 Å². The first-order valence-corrected chi connectivity index (χ1v) is 3.30. The van der Waals surface area contributed by atoms with E-state index in [-0.39, 0.29) is 35.9 Å². The first-order chi connectivity index (χ1) is 4.84. The molecule has 0 saturated carbocycles. The molecule has 0 bridgehead atoms. The van der Waals surface area contributed by atoms with Crippen LogP contribution >= 0.6 is 0 Å². The topological polar surface area (TPSA) is 26.3 Å². The molecule has 0 aromatic heterocycles. The second-order valence-corrected chi connectivity index (χ2v) is 3.12. The third-order valence-corrected chi connectivity index (χ3v) is 0.924. The Labute approximate surface area is 92.8 Å². The van der Waals surface area contributed by atoms with Crippen molar-refractivity contribution in [2.24, 2.45) is 5.41 Å². The molecule has 0 aromatic carbocycles. The summed E-state index contributed by atoms with van der Waals surface area (Å²) in [5.41, 5.74) is -0.481. The SMILES string of the molecule is [2H][C@H](C)[CH-]OC(=O)C(C)(C)C.[Np]. The van der Waals surface area contributed by atoms with Crippen molar-refractivity contribution in [3.63, 3.8) is 0 Å². The molecule has 0 aromatic rings. The zero-order valence-corrected chi connectivity index (χ0v) is 11.1. The summed E-state index contributed by atoms with van der Waals surface area (Å²) < 4.78 is 11.8. The van der Waals surface area contributed by atoms with E-state index in [0.29, 0.717) is 0 Å². The van der Waals surface area contributed by atoms with E-state index < -0.39 is 11.8 Å². The van der Waals surface area contributed by atoms with Crippen LogP contribution in [0.15, 0.2) is 0 Å². The normalized spacial score (nSPS) is 14.4. The zero-order valence-electron chi connectivity index (χ0n) is 8.42. The molecule has 65 valence electrons. The van der Waals surface area contributed by atoms with Crippen LogP contribution in [0.4, 0.5) is 0 Å². The fraction of sp³-hybridized carbons (Fsp3) is 0.750. The van der Waals surface area contributed by atoms with Crippen molar-refractivity contribution in [1.82, 2.24) is 0 Å². The monoisotopic (exact) mass is 380 g/mol. The Morgan fingerprint density at radius 2 is 2.09 bits per heavy atom. The number of hydrogen-bond acceptors (Lipinski definition) is 2. The Hall–Kier alpha value is 0.483. The van der Waals surface area contributed by atoms with Crippen molar-refractivity contribution in [3.05, 3.63) is 6.61 Å². The van der Waals surface area contributed by atoms with Gasteiger partial charge in [0.25, 0.3) is 5.97 Å². The predicted octanol–water partition coefficient (Wildman–Crippen LogP) is 2.15. The minimum absolute atomic E-state index is 0. The van der Waals surface area contributed by atoms with Gasteiger partial charge in [-0.3, -0.25) is 4.79 Å². The number of carbonyl (C=O) groups is 1. The van der Waals surface area contributed by atoms with Crippen molar-refractivity contribution < 1.29 is 40.8 Å². The van der Waals surface area contributed by atoms with E-state index in [9.17, 15) is 4.79 Å². The van der Waals surface area contributed by atoms with Crippen LogP contribution in [0.3, 0.4) is 0 Å². The Balaban J connectivity index is 0. The van der Waals surface area contributed by atoms with Gasteiger partial charge in [0.05, 0.1) is 5.41 Å². The van der Waals surface area contributed by atoms with Crippen molar-refractivity contribution in [3.8, 4) is 0 Å². The smallest absolute Gasteiger partial charge is 0.279 e. The number of ether oxygens (including phenoxy) is 1. The second kappa shape index (κ2) is 6.05. The van der Waals surface area contributed by atoms with Crippen LogP contribution in [0.25, 0.3) is 0 Å². The number of rotatable bonds is 2. The molecule has 1 radical (unpaired) electrons. The Morgan fingerprint density at radius 3 is 2.36 bits per heavy atom. The Morgan fingerprint density at radius 1 is 1.64 bits per heavy atom. The van der Waals surface area contributed by atoms with Gasteiger partial charge in [-0.25, -0.2) is 0 Å². The number of hydrogen-bond donors (Lipinski definition) is 0. The standard InChI is InChI=1S/C8H15O2.Np/c1-5-6-10-7(9)8(2,3)4;/h6H,5H2,1-4H3;/q-1;/i5D;/t5-;/m1./s1. The van der Waals surface area contributed by atoms with E-state index in [1.54, 1.807) is 27.7 Å². The van der Waals surface area contributed by atoms with Gasteiger partial charge in [-0.2, -0.15) is 6.61 Å². The molecule has 3 heteroatoms. The first kappa shape index (κ1) is 11.5. The van der Waals surface area contributed by atoms with Crippen molar-refractivity contribution in [1.29, 1.82) is 0 Å². The van der Waals surface area contributed by atoms with E-state index in [4.69, 9.17) is 6.11 Å². The molecule has 0 unspecified atom stereocenters. The molecular weight excluding hydrogens is 365 g/mol. The molecular formula is C8H15NpO2-. The van der Waals surface area contributed by atoms with Gasteiger partial charge in [-0.05, 0) is 22.1 Å². The predicted molar refractivity (Wildman–Crippen MR) is 40.1 cm³/mol. The molecule has 0 heterocycles. The molecule has 1 atom stereocenters. The molecule has 0 aliphatic carbocycles. The third-order valence-electron chi connectivity index (χ3n) is 0.924. The molecule has 0 fully saturated rings. The van der Waals surface area contributed by atoms with Gasteiger partial charge >= 0.3 is 0 Å². The summed E-state index contributed by atoms with van der Waals surface area (Å²) in [6.45, 7) is 8.19. The molecule has 0 saturated heterocycles. The van der Waals surface area contributed by atoms with E-state index in [1.165, 1.54) is 6.61 Å². The molecule has 2 nitrogen and oxygen atoms in total. The van der Waals surface area contributed by atoms with Gasteiger partial charge in [-0.1, -0.05) is 6.92 Å². The quantitative estimate of drug-likeness (QED) is 0.541. The molecule has 0 aliphatic rings. The van der Waals surface area contributed by atoms with Gasteiger partial charge < -0.3 is 4.74 Å². The van der Waals surface area contributed by atoms with Gasteiger partial charge in [0.1, 0.15) is 0 Å². The number of carbonyl (C=O) groups excluding carboxylic acids is 1. The molecule has 0 N–H and O–H groups in total. The average molecular weight is 381 g/mol. The maximum Gasteiger partial charge on any atom is 0.279 e. The van der Waals surface area contributed by atoms with E-state index >= 15 is 0 Å². The van der Waals surface area contributed by atoms with Gasteiger partial charge in [0.15, 0.2) is 0 Å². The fourth-order valence-electron chi connectivity index (χ4n) is 0.307. The summed E-state index contributed by atoms with van der Waals surface area (Å²) in [7, 11) is 0. The fourth-order valence-corrected chi connectivity index (χ4v) is 0.307. The summed E-state index contributed by atoms with van der Waals surface area (Å²) >= 11 is 0. The summed E-state index contributed by atoms with van der Waals surface area (Å²) in [6.07, 6.45) is -0.457. The Bertz CT molecular complexity index is 140. The third kappa shape index (κ3) is 6.86. The molecule has 0 aliphatic heterocycles. The largest absolute Gasteiger partial charge is 0.637 e. The second-order valence-electron chi connectivity index (χ2n) is 3.12. The van der Waals surface area contributed by atoms with Gasteiger partial charge in [0.2, 0.25) is 0 Å². The van der Waals surface area contributed by atoms with E-state index in [2.05, 4.69) is 0 Å². The van der Waals surface area contributed by atoms with Crippen molar-refractivity contribution >= 4 is 5.97 Å². The zero-order chi connectivity index (χ0) is 9.07. The average Bonchev–Trinajstić information content (AvgIpc) is 1.80. The van der Waals surface area contributed by atoms with Crippen LogP contribution < -0.4 is 0 Å².